The maximum absolute atomic E-state index is 11.6. The van der Waals surface area contributed by atoms with Gasteiger partial charge in [0.05, 0.1) is 11.1 Å². The summed E-state index contributed by atoms with van der Waals surface area (Å²) in [6, 6.07) is 10.4. The third-order valence-corrected chi connectivity index (χ3v) is 3.34. The lowest BCUT2D eigenvalue weighted by Crippen LogP contribution is -1.99. The maximum Gasteiger partial charge on any atom is 0.176 e. The van der Waals surface area contributed by atoms with Crippen LogP contribution in [0.25, 0.3) is 11.1 Å². The zero-order valence-corrected chi connectivity index (χ0v) is 9.53. The quantitative estimate of drug-likeness (QED) is 0.795. The van der Waals surface area contributed by atoms with Gasteiger partial charge >= 0.3 is 0 Å². The van der Waals surface area contributed by atoms with Gasteiger partial charge in [-0.3, -0.25) is 4.98 Å². The summed E-state index contributed by atoms with van der Waals surface area (Å²) in [5, 5.41) is 0. The predicted octanol–water partition coefficient (Wildman–Crippen LogP) is 1.95. The van der Waals surface area contributed by atoms with E-state index < -0.39 is 9.84 Å². The summed E-state index contributed by atoms with van der Waals surface area (Å²) >= 11 is 0. The molecule has 0 spiro atoms. The Bertz CT molecular complexity index is 591. The lowest BCUT2D eigenvalue weighted by molar-refractivity contribution is 0.602. The molecule has 1 heterocycles. The molecule has 1 aromatic heterocycles. The molecule has 0 unspecified atom stereocenters. The van der Waals surface area contributed by atoms with E-state index in [9.17, 15) is 8.42 Å². The van der Waals surface area contributed by atoms with E-state index >= 15 is 0 Å². The summed E-state index contributed by atoms with van der Waals surface area (Å²) in [4.78, 5) is 4.17. The molecule has 0 amide bonds. The van der Waals surface area contributed by atoms with Crippen LogP contribution in [0, 0.1) is 6.20 Å². The van der Waals surface area contributed by atoms with Crippen LogP contribution < -0.4 is 0 Å². The zero-order valence-electron chi connectivity index (χ0n) is 8.71. The van der Waals surface area contributed by atoms with Crippen LogP contribution in [-0.4, -0.2) is 19.7 Å². The van der Waals surface area contributed by atoms with Crippen molar-refractivity contribution in [2.24, 2.45) is 0 Å². The highest BCUT2D eigenvalue weighted by atomic mass is 32.2. The highest BCUT2D eigenvalue weighted by molar-refractivity contribution is 7.90. The Balaban J connectivity index is 2.68. The van der Waals surface area contributed by atoms with Crippen LogP contribution in [0.5, 0.6) is 0 Å². The van der Waals surface area contributed by atoms with E-state index in [1.54, 1.807) is 42.6 Å². The smallest absolute Gasteiger partial charge is 0.176 e. The van der Waals surface area contributed by atoms with Crippen LogP contribution in [0.15, 0.2) is 47.5 Å². The molecule has 2 aromatic rings. The van der Waals surface area contributed by atoms with Crippen molar-refractivity contribution in [2.45, 2.75) is 4.90 Å². The molecule has 0 saturated carbocycles. The fourth-order valence-corrected chi connectivity index (χ4v) is 2.39. The Morgan fingerprint density at radius 1 is 1.12 bits per heavy atom. The third-order valence-electron chi connectivity index (χ3n) is 2.19. The summed E-state index contributed by atoms with van der Waals surface area (Å²) < 4.78 is 23.2. The fraction of sp³-hybridized carbons (Fsp3) is 0.0833. The number of nitrogens with zero attached hydrogens (tertiary/aromatic N) is 1. The third kappa shape index (κ3) is 2.12. The van der Waals surface area contributed by atoms with Crippen molar-refractivity contribution in [3.63, 3.8) is 0 Å². The Morgan fingerprint density at radius 3 is 2.50 bits per heavy atom. The number of aromatic nitrogens is 1. The Kier molecular flexibility index (Phi) is 2.75. The molecule has 1 aromatic carbocycles. The van der Waals surface area contributed by atoms with Crippen molar-refractivity contribution >= 4 is 9.84 Å². The van der Waals surface area contributed by atoms with Crippen LogP contribution in [0.3, 0.4) is 0 Å². The second kappa shape index (κ2) is 4.06. The molecule has 1 radical (unpaired) electrons. The molecule has 2 rings (SSSR count). The highest BCUT2D eigenvalue weighted by Gasteiger charge is 2.13. The number of hydrogen-bond donors (Lipinski definition) is 0. The van der Waals surface area contributed by atoms with Gasteiger partial charge < -0.3 is 0 Å². The number of sulfone groups is 1. The lowest BCUT2D eigenvalue weighted by Gasteiger charge is -2.06. The summed E-state index contributed by atoms with van der Waals surface area (Å²) in [6.45, 7) is 0. The summed E-state index contributed by atoms with van der Waals surface area (Å²) in [5.74, 6) is 0. The van der Waals surface area contributed by atoms with Crippen molar-refractivity contribution in [1.82, 2.24) is 4.98 Å². The summed E-state index contributed by atoms with van der Waals surface area (Å²) in [7, 11) is -3.23. The minimum absolute atomic E-state index is 0.305. The molecule has 0 atom stereocenters. The van der Waals surface area contributed by atoms with Crippen molar-refractivity contribution in [1.29, 1.82) is 0 Å². The van der Waals surface area contributed by atoms with Crippen molar-refractivity contribution in [3.05, 3.63) is 48.8 Å². The lowest BCUT2D eigenvalue weighted by atomic mass is 10.1. The van der Waals surface area contributed by atoms with E-state index in [-0.39, 0.29) is 0 Å². The molecule has 3 nitrogen and oxygen atoms in total. The van der Waals surface area contributed by atoms with Crippen molar-refractivity contribution in [3.8, 4) is 11.1 Å². The first-order valence-electron chi connectivity index (χ1n) is 4.71. The molecule has 0 aliphatic heterocycles. The zero-order chi connectivity index (χ0) is 11.6. The van der Waals surface area contributed by atoms with E-state index in [0.29, 0.717) is 16.0 Å². The van der Waals surface area contributed by atoms with Gasteiger partial charge in [0.15, 0.2) is 9.84 Å². The van der Waals surface area contributed by atoms with Gasteiger partial charge in [-0.2, -0.15) is 0 Å². The van der Waals surface area contributed by atoms with Crippen LogP contribution >= 0.6 is 0 Å². The van der Waals surface area contributed by atoms with E-state index in [4.69, 9.17) is 0 Å². The van der Waals surface area contributed by atoms with Crippen LogP contribution in [0.4, 0.5) is 0 Å². The van der Waals surface area contributed by atoms with Gasteiger partial charge in [-0.15, -0.1) is 0 Å². The SMILES string of the molecule is CS(=O)(=O)c1ccccc1-c1[c]nccc1. The average molecular weight is 232 g/mol. The van der Waals surface area contributed by atoms with Gasteiger partial charge in [0.1, 0.15) is 0 Å². The van der Waals surface area contributed by atoms with Gasteiger partial charge in [-0.1, -0.05) is 24.3 Å². The average Bonchev–Trinajstić information content (AvgIpc) is 2.29. The topological polar surface area (TPSA) is 47.0 Å². The van der Waals surface area contributed by atoms with E-state index in [2.05, 4.69) is 11.2 Å². The Morgan fingerprint density at radius 2 is 1.88 bits per heavy atom. The minimum atomic E-state index is -3.23. The first-order valence-corrected chi connectivity index (χ1v) is 6.60. The molecular formula is C12H10NO2S. The summed E-state index contributed by atoms with van der Waals surface area (Å²) in [5.41, 5.74) is 1.32. The molecule has 0 bridgehead atoms. The first-order chi connectivity index (χ1) is 7.59. The second-order valence-corrected chi connectivity index (χ2v) is 5.42. The van der Waals surface area contributed by atoms with Crippen molar-refractivity contribution in [2.75, 3.05) is 6.26 Å². The van der Waals surface area contributed by atoms with Gasteiger partial charge in [-0.25, -0.2) is 8.42 Å². The highest BCUT2D eigenvalue weighted by Crippen LogP contribution is 2.25. The van der Waals surface area contributed by atoms with Gasteiger partial charge in [0.25, 0.3) is 0 Å². The van der Waals surface area contributed by atoms with Gasteiger partial charge in [0, 0.05) is 23.6 Å². The number of pyridine rings is 1. The standard InChI is InChI=1S/C12H10NO2S/c1-16(14,15)12-7-3-2-6-11(12)10-5-4-8-13-9-10/h2-8H,1H3. The Labute approximate surface area is 94.7 Å². The van der Waals surface area contributed by atoms with Crippen LogP contribution in [0.2, 0.25) is 0 Å². The van der Waals surface area contributed by atoms with Crippen LogP contribution in [-0.2, 0) is 9.84 Å². The Hall–Kier alpha value is -1.68. The van der Waals surface area contributed by atoms with Crippen LogP contribution in [0.1, 0.15) is 0 Å². The van der Waals surface area contributed by atoms with E-state index in [1.807, 2.05) is 0 Å². The molecule has 0 saturated heterocycles. The second-order valence-electron chi connectivity index (χ2n) is 3.43. The molecule has 0 aliphatic rings. The fourth-order valence-electron chi connectivity index (χ4n) is 1.49. The summed E-state index contributed by atoms with van der Waals surface area (Å²) in [6.07, 6.45) is 5.58. The van der Waals surface area contributed by atoms with Gasteiger partial charge in [0.2, 0.25) is 0 Å². The number of hydrogen-bond acceptors (Lipinski definition) is 3. The molecule has 0 fully saturated rings. The molecule has 0 N–H and O–H groups in total. The predicted molar refractivity (Wildman–Crippen MR) is 61.6 cm³/mol. The maximum atomic E-state index is 11.6. The van der Waals surface area contributed by atoms with Crippen molar-refractivity contribution < 1.29 is 8.42 Å². The minimum Gasteiger partial charge on any atom is -0.254 e. The molecule has 16 heavy (non-hydrogen) atoms. The first kappa shape index (κ1) is 10.8. The number of benzene rings is 1. The van der Waals surface area contributed by atoms with Gasteiger partial charge in [-0.05, 0) is 12.1 Å². The van der Waals surface area contributed by atoms with E-state index in [0.717, 1.165) is 0 Å². The molecule has 81 valence electrons. The van der Waals surface area contributed by atoms with E-state index in [1.165, 1.54) is 6.26 Å². The normalized spacial score (nSPS) is 11.3. The number of rotatable bonds is 2. The largest absolute Gasteiger partial charge is 0.254 e. The monoisotopic (exact) mass is 232 g/mol. The molecule has 0 aliphatic carbocycles. The molecule has 4 heteroatoms. The molecular weight excluding hydrogens is 222 g/mol.